The lowest BCUT2D eigenvalue weighted by Gasteiger charge is -2.45. The van der Waals surface area contributed by atoms with Crippen LogP contribution in [0.1, 0.15) is 77.2 Å². The molecule has 2 aromatic carbocycles. The quantitative estimate of drug-likeness (QED) is 0.335. The summed E-state index contributed by atoms with van der Waals surface area (Å²) in [5, 5.41) is 13.8. The second kappa shape index (κ2) is 13.8. The molecule has 6 rings (SSSR count). The van der Waals surface area contributed by atoms with Gasteiger partial charge in [0.1, 0.15) is 23.7 Å². The fourth-order valence-corrected chi connectivity index (χ4v) is 8.65. The van der Waals surface area contributed by atoms with Gasteiger partial charge < -0.3 is 29.7 Å². The third kappa shape index (κ3) is 6.63. The molecule has 1 spiro atoms. The van der Waals surface area contributed by atoms with Crippen molar-refractivity contribution in [2.24, 2.45) is 17.3 Å². The summed E-state index contributed by atoms with van der Waals surface area (Å²) < 4.78 is 13.1. The van der Waals surface area contributed by atoms with Crippen LogP contribution in [0.4, 0.5) is 0 Å². The van der Waals surface area contributed by atoms with Crippen LogP contribution in [0.25, 0.3) is 0 Å². The molecule has 2 aromatic rings. The largest absolute Gasteiger partial charge is 0.455 e. The number of allylic oxidation sites excluding steroid dienone is 1. The number of nitrogens with zero attached hydrogens (tertiary/aromatic N) is 2. The van der Waals surface area contributed by atoms with Crippen LogP contribution in [0.5, 0.6) is 0 Å². The van der Waals surface area contributed by atoms with E-state index in [9.17, 15) is 14.7 Å². The van der Waals surface area contributed by atoms with Crippen LogP contribution in [0.2, 0.25) is 0 Å². The molecule has 0 bridgehead atoms. The van der Waals surface area contributed by atoms with Gasteiger partial charge in [-0.15, -0.1) is 0 Å². The van der Waals surface area contributed by atoms with Gasteiger partial charge in [-0.25, -0.2) is 0 Å². The second-order valence-corrected chi connectivity index (χ2v) is 15.7. The fraction of sp³-hybridized carbons (Fsp3) is 0.500. The number of cyclic esters (lactones) is 1. The highest BCUT2D eigenvalue weighted by molar-refractivity contribution is 5.99. The molecule has 2 saturated heterocycles. The zero-order valence-corrected chi connectivity index (χ0v) is 29.6. The summed E-state index contributed by atoms with van der Waals surface area (Å²) in [4.78, 5) is 60.7. The lowest BCUT2D eigenvalue weighted by Crippen LogP contribution is -2.60. The first-order valence-corrected chi connectivity index (χ1v) is 17.6. The molecule has 10 nitrogen and oxygen atoms in total. The van der Waals surface area contributed by atoms with Crippen molar-refractivity contribution < 1.29 is 33.8 Å². The molecular weight excluding hydrogens is 634 g/mol. The molecular formula is C40H49N3O7. The van der Waals surface area contributed by atoms with Crippen LogP contribution in [0.3, 0.4) is 0 Å². The molecule has 0 unspecified atom stereocenters. The fourth-order valence-electron chi connectivity index (χ4n) is 8.65. The number of nitrogens with one attached hydrogen (secondary N) is 1. The summed E-state index contributed by atoms with van der Waals surface area (Å²) >= 11 is 0. The standard InChI is InChI=1S/C40H49N3O7/c1-38(2,3)25-39(4,5)42-22-14-21-40-33(35(46)43(34(40)36(42)47)28(24-44)26-15-8-6-9-16-26)32-29(50-40)19-12-13-20-31(45)41-23-30(49-37(32)48)27-17-10-7-11-18-27/h6-12,14-19,21,28-30,32-34,44H,13,20,22-25H2,1-5H3,(H,41,45)/b19-12-/t28-,29-,30+,32+,33+,34-,40+/m1/s1. The van der Waals surface area contributed by atoms with E-state index in [1.54, 1.807) is 23.1 Å². The second-order valence-electron chi connectivity index (χ2n) is 15.7. The number of amides is 3. The van der Waals surface area contributed by atoms with Crippen molar-refractivity contribution in [3.8, 4) is 0 Å². The van der Waals surface area contributed by atoms with Gasteiger partial charge in [0.15, 0.2) is 0 Å². The number of ether oxygens (including phenoxy) is 2. The third-order valence-corrected chi connectivity index (χ3v) is 10.4. The van der Waals surface area contributed by atoms with Gasteiger partial charge in [-0.1, -0.05) is 106 Å². The molecule has 266 valence electrons. The summed E-state index contributed by atoms with van der Waals surface area (Å²) in [7, 11) is 0. The minimum Gasteiger partial charge on any atom is -0.455 e. The Labute approximate surface area is 294 Å². The Kier molecular flexibility index (Phi) is 9.81. The average molecular weight is 684 g/mol. The first-order chi connectivity index (χ1) is 23.8. The van der Waals surface area contributed by atoms with E-state index in [4.69, 9.17) is 9.47 Å². The van der Waals surface area contributed by atoms with E-state index in [-0.39, 0.29) is 36.7 Å². The number of hydrogen-bond donors (Lipinski definition) is 2. The first-order valence-electron chi connectivity index (χ1n) is 17.6. The number of aliphatic hydroxyl groups excluding tert-OH is 1. The molecule has 0 saturated carbocycles. The van der Waals surface area contributed by atoms with Crippen molar-refractivity contribution in [3.63, 3.8) is 0 Å². The van der Waals surface area contributed by atoms with E-state index in [2.05, 4.69) is 26.1 Å². The molecule has 3 amide bonds. The number of likely N-dealkylation sites (tertiary alicyclic amines) is 1. The number of esters is 1. The Morgan fingerprint density at radius 3 is 2.28 bits per heavy atom. The number of hydrogen-bond acceptors (Lipinski definition) is 7. The van der Waals surface area contributed by atoms with E-state index < -0.39 is 65.8 Å². The molecule has 4 heterocycles. The summed E-state index contributed by atoms with van der Waals surface area (Å²) in [6.07, 6.45) is 6.78. The van der Waals surface area contributed by atoms with Crippen LogP contribution in [-0.2, 0) is 28.7 Å². The minimum atomic E-state index is -1.53. The van der Waals surface area contributed by atoms with E-state index in [0.717, 1.165) is 0 Å². The van der Waals surface area contributed by atoms with Crippen LogP contribution in [0.15, 0.2) is 85.0 Å². The Morgan fingerprint density at radius 1 is 0.940 bits per heavy atom. The van der Waals surface area contributed by atoms with Crippen LogP contribution in [-0.4, -0.2) is 81.6 Å². The third-order valence-electron chi connectivity index (χ3n) is 10.4. The molecule has 4 aliphatic heterocycles. The predicted molar refractivity (Wildman–Crippen MR) is 187 cm³/mol. The zero-order valence-electron chi connectivity index (χ0n) is 29.6. The number of carbonyl (C=O) groups excluding carboxylic acids is 4. The van der Waals surface area contributed by atoms with Crippen molar-refractivity contribution in [1.29, 1.82) is 0 Å². The minimum absolute atomic E-state index is 0.0614. The number of benzene rings is 2. The molecule has 2 N–H and O–H groups in total. The van der Waals surface area contributed by atoms with E-state index in [1.807, 2.05) is 80.6 Å². The average Bonchev–Trinajstić information content (AvgIpc) is 3.45. The van der Waals surface area contributed by atoms with Crippen LogP contribution < -0.4 is 5.32 Å². The van der Waals surface area contributed by atoms with Gasteiger partial charge >= 0.3 is 5.97 Å². The topological polar surface area (TPSA) is 125 Å². The Hall–Kier alpha value is -4.28. The predicted octanol–water partition coefficient (Wildman–Crippen LogP) is 4.66. The van der Waals surface area contributed by atoms with E-state index in [0.29, 0.717) is 24.0 Å². The van der Waals surface area contributed by atoms with Gasteiger partial charge in [-0.2, -0.15) is 0 Å². The first kappa shape index (κ1) is 35.5. The SMILES string of the molecule is CC(C)(C)CC(C)(C)N1CC=C[C@]23O[C@@H]4/C=C\CCC(=O)NC[C@@H](c5ccccc5)OC(=O)[C@@H]4[C@H]2C(=O)N([C@H](CO)c2ccccc2)[C@@H]3C1=O. The molecule has 4 aliphatic rings. The van der Waals surface area contributed by atoms with Crippen molar-refractivity contribution in [2.45, 2.75) is 89.3 Å². The maximum atomic E-state index is 15.2. The van der Waals surface area contributed by atoms with Crippen molar-refractivity contribution in [3.05, 3.63) is 96.1 Å². The Balaban J connectivity index is 1.48. The van der Waals surface area contributed by atoms with E-state index >= 15 is 9.59 Å². The lowest BCUT2D eigenvalue weighted by molar-refractivity contribution is -0.161. The molecule has 7 atom stereocenters. The molecule has 2 fully saturated rings. The van der Waals surface area contributed by atoms with Crippen molar-refractivity contribution in [1.82, 2.24) is 15.1 Å². The van der Waals surface area contributed by atoms with Gasteiger partial charge in [0, 0.05) is 18.5 Å². The maximum Gasteiger partial charge on any atom is 0.313 e. The van der Waals surface area contributed by atoms with Gasteiger partial charge in [0.2, 0.25) is 17.7 Å². The van der Waals surface area contributed by atoms with Gasteiger partial charge in [0.05, 0.1) is 31.2 Å². The lowest BCUT2D eigenvalue weighted by atomic mass is 9.77. The summed E-state index contributed by atoms with van der Waals surface area (Å²) in [6, 6.07) is 16.3. The molecule has 0 aromatic heterocycles. The molecule has 10 heteroatoms. The highest BCUT2D eigenvalue weighted by atomic mass is 16.6. The number of rotatable bonds is 6. The Bertz CT molecular complexity index is 1650. The van der Waals surface area contributed by atoms with E-state index in [1.165, 1.54) is 4.90 Å². The summed E-state index contributed by atoms with van der Waals surface area (Å²) in [5.41, 5.74) is -0.877. The molecule has 0 aliphatic carbocycles. The van der Waals surface area contributed by atoms with Crippen molar-refractivity contribution in [2.75, 3.05) is 19.7 Å². The molecule has 50 heavy (non-hydrogen) atoms. The molecule has 0 radical (unpaired) electrons. The van der Waals surface area contributed by atoms with Gasteiger partial charge in [-0.3, -0.25) is 19.2 Å². The number of aliphatic hydroxyl groups is 1. The summed E-state index contributed by atoms with van der Waals surface area (Å²) in [5.74, 6) is -3.82. The maximum absolute atomic E-state index is 15.2. The normalized spacial score (nSPS) is 30.2. The highest BCUT2D eigenvalue weighted by Gasteiger charge is 2.73. The Morgan fingerprint density at radius 2 is 1.62 bits per heavy atom. The zero-order chi connectivity index (χ0) is 35.8. The number of fused-ring (bicyclic) bond motifs is 2. The monoisotopic (exact) mass is 683 g/mol. The van der Waals surface area contributed by atoms with Crippen LogP contribution in [0, 0.1) is 17.3 Å². The van der Waals surface area contributed by atoms with Gasteiger partial charge in [0.25, 0.3) is 0 Å². The highest BCUT2D eigenvalue weighted by Crippen LogP contribution is 2.55. The summed E-state index contributed by atoms with van der Waals surface area (Å²) in [6.45, 7) is 10.4. The smallest absolute Gasteiger partial charge is 0.313 e. The van der Waals surface area contributed by atoms with Gasteiger partial charge in [-0.05, 0) is 43.2 Å². The van der Waals surface area contributed by atoms with Crippen LogP contribution >= 0.6 is 0 Å². The van der Waals surface area contributed by atoms with Crippen molar-refractivity contribution >= 4 is 23.7 Å². The number of carbonyl (C=O) groups is 4.